The summed E-state index contributed by atoms with van der Waals surface area (Å²) in [4.78, 5) is 26.6. The van der Waals surface area contributed by atoms with Gasteiger partial charge in [0.15, 0.2) is 0 Å². The molecule has 0 bridgehead atoms. The van der Waals surface area contributed by atoms with Crippen molar-refractivity contribution < 1.29 is 19.0 Å². The summed E-state index contributed by atoms with van der Waals surface area (Å²) in [6, 6.07) is 21.4. The van der Waals surface area contributed by atoms with Crippen molar-refractivity contribution in [3.05, 3.63) is 101 Å². The molecule has 4 aromatic rings. The Hall–Kier alpha value is -4.13. The topological polar surface area (TPSA) is 71.8 Å². The first-order valence-electron chi connectivity index (χ1n) is 11.1. The van der Waals surface area contributed by atoms with Gasteiger partial charge in [-0.25, -0.2) is 9.18 Å². The number of anilines is 1. The van der Waals surface area contributed by atoms with Gasteiger partial charge in [-0.2, -0.15) is 0 Å². The monoisotopic (exact) mass is 458 g/mol. The van der Waals surface area contributed by atoms with E-state index in [0.29, 0.717) is 30.0 Å². The second kappa shape index (κ2) is 9.02. The Morgan fingerprint density at radius 3 is 2.47 bits per heavy atom. The fourth-order valence-electron chi connectivity index (χ4n) is 4.54. The number of fused-ring (bicyclic) bond motifs is 1. The largest absolute Gasteiger partial charge is 0.491 e. The molecule has 0 spiro atoms. The van der Waals surface area contributed by atoms with E-state index in [1.807, 2.05) is 65.6 Å². The smallest absolute Gasteiger partial charge is 0.341 e. The molecule has 0 amide bonds. The highest BCUT2D eigenvalue weighted by Crippen LogP contribution is 2.32. The highest BCUT2D eigenvalue weighted by atomic mass is 19.1. The van der Waals surface area contributed by atoms with Crippen molar-refractivity contribution in [2.75, 3.05) is 18.1 Å². The number of aromatic carboxylic acids is 1. The van der Waals surface area contributed by atoms with Gasteiger partial charge < -0.3 is 19.3 Å². The maximum Gasteiger partial charge on any atom is 0.341 e. The number of ether oxygens (including phenoxy) is 1. The van der Waals surface area contributed by atoms with Crippen molar-refractivity contribution in [3.63, 3.8) is 0 Å². The van der Waals surface area contributed by atoms with Crippen molar-refractivity contribution in [1.29, 1.82) is 0 Å². The third-order valence-corrected chi connectivity index (χ3v) is 6.21. The SMILES string of the molecule is O=C(O)c1cn(-c2ccccc2)c2cc(N3CCCC3COc3ccccc3)c(F)cc2c1=O. The molecule has 1 saturated heterocycles. The summed E-state index contributed by atoms with van der Waals surface area (Å²) in [5.74, 6) is -1.15. The first kappa shape index (κ1) is 21.7. The molecule has 1 aliphatic rings. The Morgan fingerprint density at radius 1 is 1.06 bits per heavy atom. The molecule has 1 aliphatic heterocycles. The summed E-state index contributed by atoms with van der Waals surface area (Å²) in [7, 11) is 0. The number of nitrogens with zero attached hydrogens (tertiary/aromatic N) is 2. The number of halogens is 1. The summed E-state index contributed by atoms with van der Waals surface area (Å²) in [5, 5.41) is 9.58. The molecule has 0 aliphatic carbocycles. The van der Waals surface area contributed by atoms with E-state index in [2.05, 4.69) is 0 Å². The van der Waals surface area contributed by atoms with Crippen LogP contribution in [-0.4, -0.2) is 34.8 Å². The van der Waals surface area contributed by atoms with Crippen LogP contribution in [0.15, 0.2) is 83.8 Å². The zero-order valence-electron chi connectivity index (χ0n) is 18.4. The second-order valence-corrected chi connectivity index (χ2v) is 8.32. The maximum absolute atomic E-state index is 15.4. The Bertz CT molecular complexity index is 1400. The minimum absolute atomic E-state index is 0.0256. The van der Waals surface area contributed by atoms with Gasteiger partial charge in [0.1, 0.15) is 23.7 Å². The number of para-hydroxylation sites is 2. The third-order valence-electron chi connectivity index (χ3n) is 6.21. The lowest BCUT2D eigenvalue weighted by molar-refractivity contribution is 0.0695. The van der Waals surface area contributed by atoms with E-state index in [1.54, 1.807) is 10.6 Å². The van der Waals surface area contributed by atoms with Crippen LogP contribution in [0.5, 0.6) is 5.75 Å². The maximum atomic E-state index is 15.4. The number of hydrogen-bond acceptors (Lipinski definition) is 4. The van der Waals surface area contributed by atoms with Crippen LogP contribution in [0.2, 0.25) is 0 Å². The average molecular weight is 458 g/mol. The van der Waals surface area contributed by atoms with Crippen LogP contribution in [0, 0.1) is 5.82 Å². The molecule has 1 atom stereocenters. The van der Waals surface area contributed by atoms with Crippen LogP contribution >= 0.6 is 0 Å². The van der Waals surface area contributed by atoms with Crippen molar-refractivity contribution >= 4 is 22.6 Å². The Morgan fingerprint density at radius 2 is 1.76 bits per heavy atom. The van der Waals surface area contributed by atoms with Crippen LogP contribution in [0.4, 0.5) is 10.1 Å². The standard InChI is InChI=1S/C27H23FN2O4/c28-23-14-21-24(30(18-8-3-1-4-9-18)16-22(26(21)31)27(32)33)15-25(23)29-13-7-10-19(29)17-34-20-11-5-2-6-12-20/h1-6,8-9,11-12,14-16,19H,7,10,13,17H2,(H,32,33). The lowest BCUT2D eigenvalue weighted by atomic mass is 10.1. The fourth-order valence-corrected chi connectivity index (χ4v) is 4.54. The first-order valence-corrected chi connectivity index (χ1v) is 11.1. The number of carbonyl (C=O) groups is 1. The molecular weight excluding hydrogens is 435 g/mol. The molecule has 3 aromatic carbocycles. The van der Waals surface area contributed by atoms with Gasteiger partial charge in [0.25, 0.3) is 0 Å². The Kier molecular flexibility index (Phi) is 5.76. The molecule has 2 heterocycles. The second-order valence-electron chi connectivity index (χ2n) is 8.32. The molecule has 1 aromatic heterocycles. The number of carboxylic acids is 1. The van der Waals surface area contributed by atoms with Crippen LogP contribution in [0.3, 0.4) is 0 Å². The van der Waals surface area contributed by atoms with Crippen molar-refractivity contribution in [3.8, 4) is 11.4 Å². The number of carboxylic acid groups (broad SMARTS) is 1. The summed E-state index contributed by atoms with van der Waals surface area (Å²) in [6.07, 6.45) is 3.06. The van der Waals surface area contributed by atoms with E-state index in [-0.39, 0.29) is 11.4 Å². The van der Waals surface area contributed by atoms with E-state index >= 15 is 4.39 Å². The normalized spacial score (nSPS) is 15.6. The minimum atomic E-state index is -1.35. The molecule has 6 nitrogen and oxygen atoms in total. The van der Waals surface area contributed by atoms with Crippen LogP contribution in [0.25, 0.3) is 16.6 Å². The summed E-state index contributed by atoms with van der Waals surface area (Å²) in [5.41, 5.74) is 0.397. The third kappa shape index (κ3) is 4.01. The first-order chi connectivity index (χ1) is 16.5. The van der Waals surface area contributed by atoms with Gasteiger partial charge in [0, 0.05) is 23.8 Å². The Labute approximate surface area is 195 Å². The van der Waals surface area contributed by atoms with Gasteiger partial charge in [-0.1, -0.05) is 36.4 Å². The van der Waals surface area contributed by atoms with E-state index in [9.17, 15) is 14.7 Å². The van der Waals surface area contributed by atoms with Gasteiger partial charge >= 0.3 is 5.97 Å². The molecule has 7 heteroatoms. The van der Waals surface area contributed by atoms with Crippen LogP contribution in [0.1, 0.15) is 23.2 Å². The number of benzene rings is 3. The highest BCUT2D eigenvalue weighted by molar-refractivity contribution is 5.94. The van der Waals surface area contributed by atoms with Crippen LogP contribution < -0.4 is 15.1 Å². The summed E-state index contributed by atoms with van der Waals surface area (Å²) in [6.45, 7) is 1.07. The predicted molar refractivity (Wildman–Crippen MR) is 129 cm³/mol. The highest BCUT2D eigenvalue weighted by Gasteiger charge is 2.29. The van der Waals surface area contributed by atoms with E-state index in [4.69, 9.17) is 4.74 Å². The molecule has 1 N–H and O–H groups in total. The lowest BCUT2D eigenvalue weighted by Crippen LogP contribution is -2.35. The zero-order valence-corrected chi connectivity index (χ0v) is 18.4. The molecule has 1 fully saturated rings. The van der Waals surface area contributed by atoms with Crippen molar-refractivity contribution in [2.45, 2.75) is 18.9 Å². The summed E-state index contributed by atoms with van der Waals surface area (Å²) < 4.78 is 22.9. The van der Waals surface area contributed by atoms with Crippen molar-refractivity contribution in [2.24, 2.45) is 0 Å². The molecule has 1 unspecified atom stereocenters. The molecule has 172 valence electrons. The molecule has 5 rings (SSSR count). The fraction of sp³-hybridized carbons (Fsp3) is 0.185. The van der Waals surface area contributed by atoms with Crippen molar-refractivity contribution in [1.82, 2.24) is 4.57 Å². The van der Waals surface area contributed by atoms with E-state index in [0.717, 1.165) is 24.7 Å². The number of rotatable bonds is 6. The molecule has 34 heavy (non-hydrogen) atoms. The minimum Gasteiger partial charge on any atom is -0.491 e. The van der Waals surface area contributed by atoms with Gasteiger partial charge in [-0.15, -0.1) is 0 Å². The number of aromatic nitrogens is 1. The Balaban J connectivity index is 1.59. The van der Waals surface area contributed by atoms with Crippen LogP contribution in [-0.2, 0) is 0 Å². The van der Waals surface area contributed by atoms with Gasteiger partial charge in [-0.3, -0.25) is 4.79 Å². The lowest BCUT2D eigenvalue weighted by Gasteiger charge is -2.28. The number of hydrogen-bond donors (Lipinski definition) is 1. The average Bonchev–Trinajstić information content (AvgIpc) is 3.32. The number of pyridine rings is 1. The van der Waals surface area contributed by atoms with Gasteiger partial charge in [0.05, 0.1) is 17.2 Å². The molecule has 0 radical (unpaired) electrons. The summed E-state index contributed by atoms with van der Waals surface area (Å²) >= 11 is 0. The molecular formula is C27H23FN2O4. The van der Waals surface area contributed by atoms with Gasteiger partial charge in [0.2, 0.25) is 5.43 Å². The zero-order chi connectivity index (χ0) is 23.7. The van der Waals surface area contributed by atoms with E-state index in [1.165, 1.54) is 6.20 Å². The molecule has 0 saturated carbocycles. The van der Waals surface area contributed by atoms with E-state index < -0.39 is 22.8 Å². The quantitative estimate of drug-likeness (QED) is 0.446. The predicted octanol–water partition coefficient (Wildman–Crippen LogP) is 4.88. The van der Waals surface area contributed by atoms with Gasteiger partial charge in [-0.05, 0) is 49.2 Å².